The summed E-state index contributed by atoms with van der Waals surface area (Å²) in [5.41, 5.74) is 5.11. The molecule has 0 aliphatic heterocycles. The first-order chi connectivity index (χ1) is 6.46. The number of hydrogen-bond donors (Lipinski definition) is 1. The minimum Gasteiger partial charge on any atom is -0.485 e. The molecule has 4 heteroatoms. The van der Waals surface area contributed by atoms with Crippen LogP contribution in [0.3, 0.4) is 0 Å². The lowest BCUT2D eigenvalue weighted by molar-refractivity contribution is 0.119. The van der Waals surface area contributed by atoms with Gasteiger partial charge >= 0.3 is 0 Å². The van der Waals surface area contributed by atoms with E-state index >= 15 is 0 Å². The number of rotatable bonds is 3. The Labute approximate surface area is 94.0 Å². The molecule has 0 radical (unpaired) electrons. The first kappa shape index (κ1) is 11.6. The van der Waals surface area contributed by atoms with Crippen LogP contribution in [0.5, 0.6) is 5.75 Å². The fourth-order valence-corrected chi connectivity index (χ4v) is 1.23. The van der Waals surface area contributed by atoms with Crippen LogP contribution < -0.4 is 10.5 Å². The van der Waals surface area contributed by atoms with Gasteiger partial charge in [-0.15, -0.1) is 0 Å². The summed E-state index contributed by atoms with van der Waals surface area (Å²) in [5.74, 6) is 0.564. The van der Waals surface area contributed by atoms with E-state index in [-0.39, 0.29) is 0 Å². The van der Waals surface area contributed by atoms with Crippen molar-refractivity contribution in [3.05, 3.63) is 28.2 Å². The van der Waals surface area contributed by atoms with E-state index in [1.807, 2.05) is 13.8 Å². The Morgan fingerprint density at radius 3 is 2.57 bits per heavy atom. The van der Waals surface area contributed by atoms with E-state index in [1.54, 1.807) is 18.2 Å². The van der Waals surface area contributed by atoms with Gasteiger partial charge in [0.05, 0.1) is 5.02 Å². The number of ether oxygens (including phenoxy) is 1. The molecular formula is C10H13Cl2NO. The van der Waals surface area contributed by atoms with Gasteiger partial charge in [0.15, 0.2) is 0 Å². The molecule has 0 aliphatic carbocycles. The maximum Gasteiger partial charge on any atom is 0.140 e. The number of halogens is 2. The molecule has 1 aromatic rings. The molecule has 0 fully saturated rings. The summed E-state index contributed by atoms with van der Waals surface area (Å²) >= 11 is 11.8. The molecule has 0 amide bonds. The van der Waals surface area contributed by atoms with Crippen molar-refractivity contribution >= 4 is 23.2 Å². The molecule has 0 heterocycles. The van der Waals surface area contributed by atoms with Gasteiger partial charge in [0, 0.05) is 6.54 Å². The molecule has 0 aliphatic rings. The maximum absolute atomic E-state index is 5.96. The zero-order chi connectivity index (χ0) is 10.8. The van der Waals surface area contributed by atoms with Crippen molar-refractivity contribution in [2.75, 3.05) is 6.54 Å². The molecule has 0 aromatic heterocycles. The van der Waals surface area contributed by atoms with E-state index in [2.05, 4.69) is 0 Å². The summed E-state index contributed by atoms with van der Waals surface area (Å²) in [7, 11) is 0. The molecule has 0 saturated carbocycles. The minimum absolute atomic E-state index is 0.413. The molecule has 78 valence electrons. The van der Waals surface area contributed by atoms with Crippen LogP contribution in [0.1, 0.15) is 13.8 Å². The van der Waals surface area contributed by atoms with Gasteiger partial charge in [-0.25, -0.2) is 0 Å². The monoisotopic (exact) mass is 233 g/mol. The average Bonchev–Trinajstić information content (AvgIpc) is 2.13. The second kappa shape index (κ2) is 4.39. The molecule has 2 N–H and O–H groups in total. The highest BCUT2D eigenvalue weighted by Gasteiger charge is 2.19. The highest BCUT2D eigenvalue weighted by atomic mass is 35.5. The van der Waals surface area contributed by atoms with Crippen molar-refractivity contribution in [3.63, 3.8) is 0 Å². The van der Waals surface area contributed by atoms with Crippen LogP contribution in [0, 0.1) is 0 Å². The Bertz CT molecular complexity index is 326. The summed E-state index contributed by atoms with van der Waals surface area (Å²) < 4.78 is 5.62. The third-order valence-corrected chi connectivity index (χ3v) is 2.60. The highest BCUT2D eigenvalue weighted by Crippen LogP contribution is 2.33. The van der Waals surface area contributed by atoms with Crippen LogP contribution in [0.4, 0.5) is 0 Å². The molecule has 1 aromatic carbocycles. The molecule has 14 heavy (non-hydrogen) atoms. The Balaban J connectivity index is 2.92. The summed E-state index contributed by atoms with van der Waals surface area (Å²) in [6.45, 7) is 4.20. The largest absolute Gasteiger partial charge is 0.485 e. The van der Waals surface area contributed by atoms with E-state index in [9.17, 15) is 0 Å². The van der Waals surface area contributed by atoms with Crippen LogP contribution in [-0.4, -0.2) is 12.1 Å². The van der Waals surface area contributed by atoms with Crippen LogP contribution in [0.25, 0.3) is 0 Å². The fourth-order valence-electron chi connectivity index (χ4n) is 0.902. The first-order valence-electron chi connectivity index (χ1n) is 4.29. The Morgan fingerprint density at radius 1 is 1.36 bits per heavy atom. The quantitative estimate of drug-likeness (QED) is 0.871. The zero-order valence-electron chi connectivity index (χ0n) is 8.18. The van der Waals surface area contributed by atoms with Gasteiger partial charge in [0.2, 0.25) is 0 Å². The smallest absolute Gasteiger partial charge is 0.140 e. The van der Waals surface area contributed by atoms with Crippen molar-refractivity contribution in [1.82, 2.24) is 0 Å². The fraction of sp³-hybridized carbons (Fsp3) is 0.400. The standard InChI is InChI=1S/C10H13Cl2NO/c1-10(2,6-13)14-8-5-3-4-7(11)9(8)12/h3-5H,6,13H2,1-2H3. The van der Waals surface area contributed by atoms with E-state index in [0.717, 1.165) is 0 Å². The van der Waals surface area contributed by atoms with Crippen molar-refractivity contribution in [1.29, 1.82) is 0 Å². The zero-order valence-corrected chi connectivity index (χ0v) is 9.69. The second-order valence-corrected chi connectivity index (χ2v) is 4.40. The van der Waals surface area contributed by atoms with Crippen molar-refractivity contribution in [3.8, 4) is 5.75 Å². The molecule has 0 unspecified atom stereocenters. The van der Waals surface area contributed by atoms with Gasteiger partial charge in [-0.3, -0.25) is 0 Å². The lowest BCUT2D eigenvalue weighted by atomic mass is 10.1. The molecule has 1 rings (SSSR count). The second-order valence-electron chi connectivity index (χ2n) is 3.62. The van der Waals surface area contributed by atoms with Crippen LogP contribution >= 0.6 is 23.2 Å². The number of nitrogens with two attached hydrogens (primary N) is 1. The third-order valence-electron chi connectivity index (χ3n) is 1.79. The van der Waals surface area contributed by atoms with Crippen LogP contribution in [0.15, 0.2) is 18.2 Å². The summed E-state index contributed by atoms with van der Waals surface area (Å²) in [4.78, 5) is 0. The SMILES string of the molecule is CC(C)(CN)Oc1cccc(Cl)c1Cl. The predicted octanol–water partition coefficient (Wildman–Crippen LogP) is 3.11. The molecule has 2 nitrogen and oxygen atoms in total. The van der Waals surface area contributed by atoms with Gasteiger partial charge < -0.3 is 10.5 Å². The summed E-state index contributed by atoms with van der Waals surface area (Å²) in [6, 6.07) is 5.27. The summed E-state index contributed by atoms with van der Waals surface area (Å²) in [5, 5.41) is 0.910. The van der Waals surface area contributed by atoms with E-state index < -0.39 is 5.60 Å². The Kier molecular flexibility index (Phi) is 3.65. The number of hydrogen-bond acceptors (Lipinski definition) is 2. The van der Waals surface area contributed by atoms with E-state index in [4.69, 9.17) is 33.7 Å². The predicted molar refractivity (Wildman–Crippen MR) is 60.2 cm³/mol. The van der Waals surface area contributed by atoms with Gasteiger partial charge in [0.1, 0.15) is 16.4 Å². The highest BCUT2D eigenvalue weighted by molar-refractivity contribution is 6.42. The molecule has 0 saturated heterocycles. The van der Waals surface area contributed by atoms with E-state index in [1.165, 1.54) is 0 Å². The molecular weight excluding hydrogens is 221 g/mol. The molecule has 0 spiro atoms. The number of benzene rings is 1. The average molecular weight is 234 g/mol. The Hall–Kier alpha value is -0.440. The van der Waals surface area contributed by atoms with E-state index in [0.29, 0.717) is 22.3 Å². The van der Waals surface area contributed by atoms with Crippen LogP contribution in [0.2, 0.25) is 10.0 Å². The van der Waals surface area contributed by atoms with Gasteiger partial charge in [0.25, 0.3) is 0 Å². The lowest BCUT2D eigenvalue weighted by Gasteiger charge is -2.25. The summed E-state index contributed by atoms with van der Waals surface area (Å²) in [6.07, 6.45) is 0. The van der Waals surface area contributed by atoms with Crippen LogP contribution in [-0.2, 0) is 0 Å². The van der Waals surface area contributed by atoms with Crippen molar-refractivity contribution < 1.29 is 4.74 Å². The van der Waals surface area contributed by atoms with Gasteiger partial charge in [-0.2, -0.15) is 0 Å². The normalized spacial score (nSPS) is 11.5. The Morgan fingerprint density at radius 2 is 2.00 bits per heavy atom. The van der Waals surface area contributed by atoms with Gasteiger partial charge in [-0.05, 0) is 26.0 Å². The van der Waals surface area contributed by atoms with Crippen molar-refractivity contribution in [2.45, 2.75) is 19.4 Å². The van der Waals surface area contributed by atoms with Gasteiger partial charge in [-0.1, -0.05) is 29.3 Å². The maximum atomic E-state index is 5.96. The molecule has 0 bridgehead atoms. The lowest BCUT2D eigenvalue weighted by Crippen LogP contribution is -2.37. The topological polar surface area (TPSA) is 35.2 Å². The minimum atomic E-state index is -0.436. The third kappa shape index (κ3) is 2.77. The molecule has 0 atom stereocenters. The first-order valence-corrected chi connectivity index (χ1v) is 5.05. The van der Waals surface area contributed by atoms with Crippen molar-refractivity contribution in [2.24, 2.45) is 5.73 Å².